The van der Waals surface area contributed by atoms with Crippen molar-refractivity contribution in [3.63, 3.8) is 0 Å². The Labute approximate surface area is 120 Å². The van der Waals surface area contributed by atoms with Crippen molar-refractivity contribution >= 4 is 33.3 Å². The number of amides is 2. The molecule has 2 rings (SSSR count). The molecule has 0 bridgehead atoms. The van der Waals surface area contributed by atoms with Crippen molar-refractivity contribution in [3.8, 4) is 0 Å². The summed E-state index contributed by atoms with van der Waals surface area (Å²) in [7, 11) is 1.85. The quantitative estimate of drug-likeness (QED) is 0.925. The highest BCUT2D eigenvalue weighted by atomic mass is 79.9. The number of hydrogen-bond acceptors (Lipinski definition) is 3. The lowest BCUT2D eigenvalue weighted by molar-refractivity contribution is 0.154. The van der Waals surface area contributed by atoms with Gasteiger partial charge in [0.2, 0.25) is 0 Å². The van der Waals surface area contributed by atoms with Gasteiger partial charge in [0, 0.05) is 34.9 Å². The lowest BCUT2D eigenvalue weighted by Crippen LogP contribution is -2.50. The molecule has 6 heteroatoms. The Balaban J connectivity index is 2.25. The van der Waals surface area contributed by atoms with Crippen LogP contribution in [0.3, 0.4) is 0 Å². The van der Waals surface area contributed by atoms with Gasteiger partial charge in [0.05, 0.1) is 11.6 Å². The van der Waals surface area contributed by atoms with E-state index in [2.05, 4.69) is 22.0 Å². The van der Waals surface area contributed by atoms with E-state index in [0.717, 1.165) is 4.47 Å². The molecule has 1 aromatic heterocycles. The highest BCUT2D eigenvalue weighted by Gasteiger charge is 2.42. The molecule has 1 aliphatic rings. The molecular formula is C12H18BrN3OS. The zero-order valence-electron chi connectivity index (χ0n) is 10.8. The molecule has 1 saturated heterocycles. The van der Waals surface area contributed by atoms with Crippen molar-refractivity contribution < 1.29 is 4.79 Å². The summed E-state index contributed by atoms with van der Waals surface area (Å²) in [6, 6.07) is 2.26. The molecule has 2 amide bonds. The number of likely N-dealkylation sites (N-methyl/N-ethyl adjacent to an activating group) is 1. The maximum Gasteiger partial charge on any atom is 0.320 e. The number of nitrogens with zero attached hydrogens (tertiary/aromatic N) is 2. The molecule has 0 radical (unpaired) electrons. The second-order valence-corrected chi connectivity index (χ2v) is 7.06. The summed E-state index contributed by atoms with van der Waals surface area (Å²) in [4.78, 5) is 17.2. The second-order valence-electron chi connectivity index (χ2n) is 5.20. The molecule has 1 fully saturated rings. The fraction of sp³-hybridized carbons (Fsp3) is 0.583. The number of rotatable bonds is 3. The van der Waals surface area contributed by atoms with Crippen molar-refractivity contribution in [2.75, 3.05) is 20.1 Å². The first kappa shape index (κ1) is 13.8. The molecule has 18 heavy (non-hydrogen) atoms. The Hall–Kier alpha value is -0.590. The van der Waals surface area contributed by atoms with Crippen molar-refractivity contribution in [2.45, 2.75) is 25.4 Å². The molecule has 1 unspecified atom stereocenters. The maximum atomic E-state index is 12.3. The van der Waals surface area contributed by atoms with Crippen LogP contribution in [0.5, 0.6) is 0 Å². The van der Waals surface area contributed by atoms with Crippen LogP contribution in [0.1, 0.15) is 24.8 Å². The van der Waals surface area contributed by atoms with Crippen molar-refractivity contribution in [1.82, 2.24) is 9.80 Å². The molecule has 1 aromatic rings. The van der Waals surface area contributed by atoms with Gasteiger partial charge >= 0.3 is 6.03 Å². The third-order valence-corrected chi connectivity index (χ3v) is 5.30. The van der Waals surface area contributed by atoms with Gasteiger partial charge in [-0.3, -0.25) is 0 Å². The van der Waals surface area contributed by atoms with E-state index in [1.165, 1.54) is 4.88 Å². The molecule has 0 aliphatic carbocycles. The Kier molecular flexibility index (Phi) is 3.71. The zero-order chi connectivity index (χ0) is 13.5. The van der Waals surface area contributed by atoms with Crippen LogP contribution in [0, 0.1) is 0 Å². The first-order chi connectivity index (χ1) is 8.36. The van der Waals surface area contributed by atoms with E-state index in [-0.39, 0.29) is 17.6 Å². The van der Waals surface area contributed by atoms with Gasteiger partial charge in [-0.15, -0.1) is 11.3 Å². The van der Waals surface area contributed by atoms with Crippen LogP contribution in [0.25, 0.3) is 0 Å². The van der Waals surface area contributed by atoms with E-state index in [0.29, 0.717) is 13.1 Å². The number of nitrogens with two attached hydrogens (primary N) is 1. The van der Waals surface area contributed by atoms with Crippen LogP contribution < -0.4 is 5.73 Å². The van der Waals surface area contributed by atoms with E-state index < -0.39 is 0 Å². The van der Waals surface area contributed by atoms with Crippen molar-refractivity contribution in [3.05, 3.63) is 20.8 Å². The van der Waals surface area contributed by atoms with Crippen LogP contribution in [0.15, 0.2) is 15.9 Å². The summed E-state index contributed by atoms with van der Waals surface area (Å²) >= 11 is 5.13. The predicted octanol–water partition coefficient (Wildman–Crippen LogP) is 2.66. The molecule has 0 saturated carbocycles. The number of thiophene rings is 1. The highest BCUT2D eigenvalue weighted by molar-refractivity contribution is 9.10. The minimum atomic E-state index is -0.297. The van der Waals surface area contributed by atoms with Crippen LogP contribution in [-0.4, -0.2) is 41.5 Å². The number of carbonyl (C=O) groups is 1. The normalized spacial score (nSPS) is 20.9. The molecule has 4 nitrogen and oxygen atoms in total. The van der Waals surface area contributed by atoms with E-state index in [1.807, 2.05) is 31.2 Å². The minimum Gasteiger partial charge on any atom is -0.328 e. The van der Waals surface area contributed by atoms with E-state index >= 15 is 0 Å². The molecule has 1 aliphatic heterocycles. The summed E-state index contributed by atoms with van der Waals surface area (Å²) in [5.74, 6) is 0. The van der Waals surface area contributed by atoms with E-state index in [4.69, 9.17) is 5.73 Å². The van der Waals surface area contributed by atoms with Gasteiger partial charge in [0.25, 0.3) is 0 Å². The zero-order valence-corrected chi connectivity index (χ0v) is 13.2. The summed E-state index contributed by atoms with van der Waals surface area (Å²) < 4.78 is 1.07. The van der Waals surface area contributed by atoms with E-state index in [1.54, 1.807) is 16.2 Å². The smallest absolute Gasteiger partial charge is 0.320 e. The fourth-order valence-electron chi connectivity index (χ4n) is 2.10. The van der Waals surface area contributed by atoms with Crippen molar-refractivity contribution in [1.29, 1.82) is 0 Å². The molecular weight excluding hydrogens is 314 g/mol. The Morgan fingerprint density at radius 3 is 2.78 bits per heavy atom. The Morgan fingerprint density at radius 2 is 2.28 bits per heavy atom. The van der Waals surface area contributed by atoms with Gasteiger partial charge in [-0.2, -0.15) is 0 Å². The average Bonchev–Trinajstić information content (AvgIpc) is 2.86. The SMILES string of the molecule is CN1C(=O)N(C(C)(C)CN)CC1c1cc(Br)cs1. The Morgan fingerprint density at radius 1 is 1.61 bits per heavy atom. The fourth-order valence-corrected chi connectivity index (χ4v) is 3.68. The monoisotopic (exact) mass is 331 g/mol. The maximum absolute atomic E-state index is 12.3. The van der Waals surface area contributed by atoms with Crippen LogP contribution in [-0.2, 0) is 0 Å². The second kappa shape index (κ2) is 4.83. The van der Waals surface area contributed by atoms with Crippen LogP contribution in [0.4, 0.5) is 4.79 Å². The molecule has 0 spiro atoms. The lowest BCUT2D eigenvalue weighted by Gasteiger charge is -2.33. The number of hydrogen-bond donors (Lipinski definition) is 1. The summed E-state index contributed by atoms with van der Waals surface area (Å²) in [6.07, 6.45) is 0. The summed E-state index contributed by atoms with van der Waals surface area (Å²) in [5.41, 5.74) is 5.47. The molecule has 2 N–H and O–H groups in total. The lowest BCUT2D eigenvalue weighted by atomic mass is 10.0. The van der Waals surface area contributed by atoms with Gasteiger partial charge in [-0.05, 0) is 35.8 Å². The van der Waals surface area contributed by atoms with Gasteiger partial charge in [0.15, 0.2) is 0 Å². The van der Waals surface area contributed by atoms with E-state index in [9.17, 15) is 4.79 Å². The number of carbonyl (C=O) groups excluding carboxylic acids is 1. The van der Waals surface area contributed by atoms with Crippen molar-refractivity contribution in [2.24, 2.45) is 5.73 Å². The summed E-state index contributed by atoms with van der Waals surface area (Å²) in [5, 5.41) is 2.05. The molecule has 2 heterocycles. The summed E-state index contributed by atoms with van der Waals surface area (Å²) in [6.45, 7) is 5.18. The van der Waals surface area contributed by atoms with Gasteiger partial charge in [-0.25, -0.2) is 4.79 Å². The third kappa shape index (κ3) is 2.29. The van der Waals surface area contributed by atoms with Gasteiger partial charge in [-0.1, -0.05) is 0 Å². The molecule has 0 aromatic carbocycles. The molecule has 100 valence electrons. The standard InChI is InChI=1S/C12H18BrN3OS/c1-12(2,7-14)16-5-9(15(3)11(16)17)10-4-8(13)6-18-10/h4,6,9H,5,7,14H2,1-3H3. The third-order valence-electron chi connectivity index (χ3n) is 3.50. The first-order valence-corrected chi connectivity index (χ1v) is 7.52. The van der Waals surface area contributed by atoms with Crippen LogP contribution in [0.2, 0.25) is 0 Å². The molecule has 1 atom stereocenters. The predicted molar refractivity (Wildman–Crippen MR) is 77.8 cm³/mol. The Bertz CT molecular complexity index is 460. The minimum absolute atomic E-state index is 0.0555. The number of urea groups is 1. The topological polar surface area (TPSA) is 49.6 Å². The highest BCUT2D eigenvalue weighted by Crippen LogP contribution is 2.36. The largest absolute Gasteiger partial charge is 0.328 e. The van der Waals surface area contributed by atoms with Gasteiger partial charge < -0.3 is 15.5 Å². The number of halogens is 1. The van der Waals surface area contributed by atoms with Gasteiger partial charge in [0.1, 0.15) is 0 Å². The first-order valence-electron chi connectivity index (χ1n) is 5.85. The van der Waals surface area contributed by atoms with Crippen LogP contribution >= 0.6 is 27.3 Å². The average molecular weight is 332 g/mol.